The van der Waals surface area contributed by atoms with Crippen molar-refractivity contribution < 1.29 is 0 Å². The van der Waals surface area contributed by atoms with E-state index in [1.807, 2.05) is 30.3 Å². The average Bonchev–Trinajstić information content (AvgIpc) is 3.13. The molecule has 0 saturated heterocycles. The van der Waals surface area contributed by atoms with Crippen LogP contribution in [0.3, 0.4) is 0 Å². The van der Waals surface area contributed by atoms with Crippen LogP contribution >= 0.6 is 0 Å². The van der Waals surface area contributed by atoms with Gasteiger partial charge in [0.05, 0.1) is 11.1 Å². The average molecular weight is 358 g/mol. The summed E-state index contributed by atoms with van der Waals surface area (Å²) < 4.78 is 0. The van der Waals surface area contributed by atoms with Gasteiger partial charge in [-0.05, 0) is 38.2 Å². The Kier molecular flexibility index (Phi) is 4.80. The molecule has 4 aromatic rings. The third-order valence-corrected chi connectivity index (χ3v) is 4.48. The Morgan fingerprint density at radius 3 is 2.48 bits per heavy atom. The van der Waals surface area contributed by atoms with Gasteiger partial charge in [-0.1, -0.05) is 42.5 Å². The molecule has 0 unspecified atom stereocenters. The van der Waals surface area contributed by atoms with Gasteiger partial charge >= 0.3 is 0 Å². The summed E-state index contributed by atoms with van der Waals surface area (Å²) in [5.74, 6) is 0.744. The van der Waals surface area contributed by atoms with E-state index in [1.165, 1.54) is 11.9 Å². The summed E-state index contributed by atoms with van der Waals surface area (Å²) in [6.07, 6.45) is 2.57. The van der Waals surface area contributed by atoms with E-state index in [1.54, 1.807) is 0 Å². The quantitative estimate of drug-likeness (QED) is 0.548. The molecule has 0 amide bonds. The van der Waals surface area contributed by atoms with Crippen molar-refractivity contribution >= 4 is 22.5 Å². The first-order valence-corrected chi connectivity index (χ1v) is 8.96. The van der Waals surface area contributed by atoms with Crippen LogP contribution < -0.4 is 5.32 Å². The van der Waals surface area contributed by atoms with E-state index < -0.39 is 0 Å². The minimum absolute atomic E-state index is 0.647. The minimum atomic E-state index is 0.647. The second-order valence-electron chi connectivity index (χ2n) is 6.76. The van der Waals surface area contributed by atoms with Crippen LogP contribution in [-0.4, -0.2) is 45.7 Å². The van der Waals surface area contributed by atoms with E-state index in [4.69, 9.17) is 0 Å². The monoisotopic (exact) mass is 358 g/mol. The van der Waals surface area contributed by atoms with Crippen LogP contribution in [0.2, 0.25) is 0 Å². The molecule has 4 rings (SSSR count). The molecule has 0 spiro atoms. The zero-order valence-electron chi connectivity index (χ0n) is 15.5. The number of H-pyrrole nitrogens is 1. The fourth-order valence-corrected chi connectivity index (χ4v) is 3.01. The molecule has 0 radical (unpaired) electrons. The van der Waals surface area contributed by atoms with Crippen LogP contribution in [0.25, 0.3) is 22.3 Å². The third-order valence-electron chi connectivity index (χ3n) is 4.48. The Morgan fingerprint density at radius 1 is 0.963 bits per heavy atom. The summed E-state index contributed by atoms with van der Waals surface area (Å²) in [6, 6.07) is 18.6. The first-order chi connectivity index (χ1) is 13.2. The molecule has 0 aliphatic carbocycles. The van der Waals surface area contributed by atoms with Crippen molar-refractivity contribution in [3.8, 4) is 11.3 Å². The molecule has 0 bridgehead atoms. The summed E-state index contributed by atoms with van der Waals surface area (Å²) in [5, 5.41) is 11.7. The fourth-order valence-electron chi connectivity index (χ4n) is 3.01. The summed E-state index contributed by atoms with van der Waals surface area (Å²) in [6.45, 7) is 1.04. The van der Waals surface area contributed by atoms with Crippen molar-refractivity contribution in [2.24, 2.45) is 0 Å². The van der Waals surface area contributed by atoms with Gasteiger partial charge in [-0.2, -0.15) is 5.10 Å². The number of hydrogen-bond donors (Lipinski definition) is 2. The lowest BCUT2D eigenvalue weighted by molar-refractivity contribution is 0.413. The molecule has 0 aliphatic heterocycles. The molecular formula is C21H22N6. The zero-order chi connectivity index (χ0) is 18.6. The van der Waals surface area contributed by atoms with Crippen LogP contribution in [0.4, 0.5) is 11.5 Å². The highest BCUT2D eigenvalue weighted by Gasteiger charge is 2.14. The fraction of sp³-hybridized carbons (Fsp3) is 0.190. The SMILES string of the molecule is CN(C)CCc1ccc(Nc2ncnc3n[nH]c(-c4ccccc4)c23)cc1. The first kappa shape index (κ1) is 17.2. The highest BCUT2D eigenvalue weighted by atomic mass is 15.2. The van der Waals surface area contributed by atoms with Crippen LogP contribution in [0.5, 0.6) is 0 Å². The molecule has 2 aromatic carbocycles. The predicted octanol–water partition coefficient (Wildman–Crippen LogP) is 3.87. The van der Waals surface area contributed by atoms with E-state index in [0.29, 0.717) is 5.65 Å². The highest BCUT2D eigenvalue weighted by molar-refractivity contribution is 5.99. The van der Waals surface area contributed by atoms with E-state index in [-0.39, 0.29) is 0 Å². The second-order valence-corrected chi connectivity index (χ2v) is 6.76. The van der Waals surface area contributed by atoms with Gasteiger partial charge in [-0.25, -0.2) is 9.97 Å². The number of hydrogen-bond acceptors (Lipinski definition) is 5. The van der Waals surface area contributed by atoms with E-state index in [0.717, 1.165) is 41.1 Å². The summed E-state index contributed by atoms with van der Waals surface area (Å²) in [4.78, 5) is 10.9. The van der Waals surface area contributed by atoms with Gasteiger partial charge in [0, 0.05) is 17.8 Å². The number of aromatic amines is 1. The Morgan fingerprint density at radius 2 is 1.74 bits per heavy atom. The topological polar surface area (TPSA) is 69.7 Å². The van der Waals surface area contributed by atoms with Gasteiger partial charge in [-0.3, -0.25) is 5.10 Å². The number of fused-ring (bicyclic) bond motifs is 1. The van der Waals surface area contributed by atoms with Gasteiger partial charge in [-0.15, -0.1) is 0 Å². The van der Waals surface area contributed by atoms with Gasteiger partial charge in [0.1, 0.15) is 12.1 Å². The van der Waals surface area contributed by atoms with Crippen LogP contribution in [0.1, 0.15) is 5.56 Å². The molecule has 136 valence electrons. The first-order valence-electron chi connectivity index (χ1n) is 8.96. The smallest absolute Gasteiger partial charge is 0.186 e. The van der Waals surface area contributed by atoms with Crippen molar-refractivity contribution in [1.29, 1.82) is 0 Å². The number of benzene rings is 2. The zero-order valence-corrected chi connectivity index (χ0v) is 15.5. The van der Waals surface area contributed by atoms with E-state index in [9.17, 15) is 0 Å². The Balaban J connectivity index is 1.63. The van der Waals surface area contributed by atoms with Crippen molar-refractivity contribution in [3.63, 3.8) is 0 Å². The molecule has 2 N–H and O–H groups in total. The second kappa shape index (κ2) is 7.55. The van der Waals surface area contributed by atoms with E-state index >= 15 is 0 Å². The van der Waals surface area contributed by atoms with Crippen molar-refractivity contribution in [2.75, 3.05) is 26.0 Å². The molecule has 0 aliphatic rings. The molecule has 0 fully saturated rings. The molecular weight excluding hydrogens is 336 g/mol. The van der Waals surface area contributed by atoms with Crippen molar-refractivity contribution in [1.82, 2.24) is 25.1 Å². The lowest BCUT2D eigenvalue weighted by atomic mass is 10.1. The van der Waals surface area contributed by atoms with Crippen LogP contribution in [-0.2, 0) is 6.42 Å². The Hall–Kier alpha value is -3.25. The maximum absolute atomic E-state index is 4.45. The largest absolute Gasteiger partial charge is 0.339 e. The maximum Gasteiger partial charge on any atom is 0.186 e. The number of aromatic nitrogens is 4. The number of anilines is 2. The molecule has 2 aromatic heterocycles. The van der Waals surface area contributed by atoms with Gasteiger partial charge < -0.3 is 10.2 Å². The summed E-state index contributed by atoms with van der Waals surface area (Å²) >= 11 is 0. The van der Waals surface area contributed by atoms with Crippen LogP contribution in [0, 0.1) is 0 Å². The third kappa shape index (κ3) is 3.80. The molecule has 27 heavy (non-hydrogen) atoms. The molecule has 6 nitrogen and oxygen atoms in total. The Bertz CT molecular complexity index is 1020. The minimum Gasteiger partial charge on any atom is -0.339 e. The molecule has 2 heterocycles. The van der Waals surface area contributed by atoms with Gasteiger partial charge in [0.25, 0.3) is 0 Å². The predicted molar refractivity (Wildman–Crippen MR) is 109 cm³/mol. The standard InChI is InChI=1S/C21H22N6/c1-27(2)13-12-15-8-10-17(11-9-15)24-20-18-19(16-6-4-3-5-7-16)25-26-21(18)23-14-22-20/h3-11,14H,12-13H2,1-2H3,(H2,22,23,24,25,26). The Labute approximate surface area is 158 Å². The highest BCUT2D eigenvalue weighted by Crippen LogP contribution is 2.31. The number of rotatable bonds is 6. The summed E-state index contributed by atoms with van der Waals surface area (Å²) in [7, 11) is 4.18. The molecule has 6 heteroatoms. The maximum atomic E-state index is 4.45. The summed E-state index contributed by atoms with van der Waals surface area (Å²) in [5.41, 5.74) is 4.92. The normalized spacial score (nSPS) is 11.2. The lowest BCUT2D eigenvalue weighted by Crippen LogP contribution is -2.14. The number of nitrogens with one attached hydrogen (secondary N) is 2. The molecule has 0 saturated carbocycles. The van der Waals surface area contributed by atoms with E-state index in [2.05, 4.69) is 68.7 Å². The van der Waals surface area contributed by atoms with Gasteiger partial charge in [0.2, 0.25) is 0 Å². The van der Waals surface area contributed by atoms with Crippen LogP contribution in [0.15, 0.2) is 60.9 Å². The van der Waals surface area contributed by atoms with Gasteiger partial charge in [0.15, 0.2) is 5.65 Å². The lowest BCUT2D eigenvalue weighted by Gasteiger charge is -2.11. The number of likely N-dealkylation sites (N-methyl/N-ethyl adjacent to an activating group) is 1. The molecule has 0 atom stereocenters. The number of nitrogens with zero attached hydrogens (tertiary/aromatic N) is 4. The van der Waals surface area contributed by atoms with Crippen molar-refractivity contribution in [2.45, 2.75) is 6.42 Å². The van der Waals surface area contributed by atoms with Crippen molar-refractivity contribution in [3.05, 3.63) is 66.5 Å².